The summed E-state index contributed by atoms with van der Waals surface area (Å²) in [7, 11) is -1.44. The first-order valence-electron chi connectivity index (χ1n) is 10.3. The van der Waals surface area contributed by atoms with Crippen molar-refractivity contribution >= 4 is 33.4 Å². The van der Waals surface area contributed by atoms with Gasteiger partial charge in [0.1, 0.15) is 17.1 Å². The van der Waals surface area contributed by atoms with Crippen LogP contribution in [0.2, 0.25) is 0 Å². The average Bonchev–Trinajstić information content (AvgIpc) is 2.78. The maximum atomic E-state index is 15.1. The summed E-state index contributed by atoms with van der Waals surface area (Å²) in [5, 5.41) is 0. The van der Waals surface area contributed by atoms with E-state index in [1.807, 2.05) is 0 Å². The van der Waals surface area contributed by atoms with Crippen LogP contribution in [-0.2, 0) is 15.2 Å². The maximum Gasteiger partial charge on any atom is 0.233 e. The zero-order chi connectivity index (χ0) is 25.5. The highest BCUT2D eigenvalue weighted by atomic mass is 32.2. The summed E-state index contributed by atoms with van der Waals surface area (Å²) >= 11 is 0. The second-order valence-corrected chi connectivity index (χ2v) is 11.4. The van der Waals surface area contributed by atoms with Crippen LogP contribution in [0.25, 0.3) is 11.9 Å². The number of nitrogens with zero attached hydrogens (tertiary/aromatic N) is 4. The molecule has 7 nitrogen and oxygen atoms in total. The Bertz CT molecular complexity index is 1310. The molecule has 0 aliphatic carbocycles. The smallest absolute Gasteiger partial charge is 0.233 e. The van der Waals surface area contributed by atoms with Gasteiger partial charge in [0, 0.05) is 12.6 Å². The Labute approximate surface area is 198 Å². The lowest BCUT2D eigenvalue weighted by Gasteiger charge is -2.50. The first-order chi connectivity index (χ1) is 15.7. The molecule has 1 aliphatic heterocycles. The van der Waals surface area contributed by atoms with E-state index >= 15 is 4.39 Å². The molecular formula is C24H27F2N5O2S. The number of rotatable bonds is 5. The quantitative estimate of drug-likeness (QED) is 0.516. The summed E-state index contributed by atoms with van der Waals surface area (Å²) in [6.45, 7) is 6.69. The third-order valence-corrected chi connectivity index (χ3v) is 9.35. The van der Waals surface area contributed by atoms with Crippen LogP contribution in [0, 0.1) is 18.2 Å². The van der Waals surface area contributed by atoms with Crippen LogP contribution < -0.4 is 10.5 Å². The lowest BCUT2D eigenvalue weighted by Crippen LogP contribution is -2.62. The van der Waals surface area contributed by atoms with Crippen molar-refractivity contribution in [3.8, 4) is 18.2 Å². The molecule has 2 heterocycles. The minimum atomic E-state index is -2.98. The van der Waals surface area contributed by atoms with E-state index in [4.69, 9.17) is 16.9 Å². The number of hydrogen-bond acceptors (Lipinski definition) is 6. The van der Waals surface area contributed by atoms with Crippen molar-refractivity contribution in [2.45, 2.75) is 44.1 Å². The van der Waals surface area contributed by atoms with E-state index in [-0.39, 0.29) is 23.1 Å². The van der Waals surface area contributed by atoms with Crippen LogP contribution in [-0.4, -0.2) is 48.2 Å². The molecule has 10 heteroatoms. The predicted molar refractivity (Wildman–Crippen MR) is 132 cm³/mol. The number of ether oxygens (including phenoxy) is 1. The molecule has 1 unspecified atom stereocenters. The Morgan fingerprint density at radius 1 is 1.35 bits per heavy atom. The van der Waals surface area contributed by atoms with Crippen LogP contribution >= 0.6 is 0 Å². The number of benzene rings is 1. The number of terminal acetylenes is 1. The van der Waals surface area contributed by atoms with Gasteiger partial charge in [-0.1, -0.05) is 12.0 Å². The largest absolute Gasteiger partial charge is 0.460 e. The standard InChI is InChI=1S/C24H27F2N5O2S/c1-8-15(2)33-21-14-28-20(13-29-21)19(26)12-16-9-10-18(25)17(11-16)24(5)23(3,4)34(7,32)31(6)22(27)30-24/h1,9-15H,7H2,2-6H3,(H2,27,30)/b19-12-/t15-,24+,34?/m0/s1. The van der Waals surface area contributed by atoms with E-state index in [1.54, 1.807) is 27.7 Å². The molecule has 3 rings (SSSR count). The van der Waals surface area contributed by atoms with Crippen LogP contribution in [0.4, 0.5) is 8.78 Å². The van der Waals surface area contributed by atoms with Gasteiger partial charge in [-0.15, -0.1) is 6.42 Å². The topological polar surface area (TPSA) is 93.7 Å². The Hall–Kier alpha value is -3.45. The average molecular weight is 488 g/mol. The van der Waals surface area contributed by atoms with Crippen molar-refractivity contribution in [3.05, 3.63) is 53.2 Å². The molecule has 0 saturated carbocycles. The van der Waals surface area contributed by atoms with Crippen molar-refractivity contribution in [2.75, 3.05) is 7.05 Å². The number of hydrogen-bond donors (Lipinski definition) is 1. The van der Waals surface area contributed by atoms with Crippen molar-refractivity contribution in [1.29, 1.82) is 0 Å². The maximum absolute atomic E-state index is 15.1. The number of aromatic nitrogens is 2. The Kier molecular flexibility index (Phi) is 6.46. The third kappa shape index (κ3) is 4.12. The van der Waals surface area contributed by atoms with Gasteiger partial charge in [-0.25, -0.2) is 28.0 Å². The lowest BCUT2D eigenvalue weighted by atomic mass is 9.80. The molecular weight excluding hydrogens is 460 g/mol. The van der Waals surface area contributed by atoms with Gasteiger partial charge in [-0.3, -0.25) is 4.31 Å². The van der Waals surface area contributed by atoms with Gasteiger partial charge in [0.15, 0.2) is 11.9 Å². The molecule has 0 spiro atoms. The van der Waals surface area contributed by atoms with Crippen molar-refractivity contribution < 1.29 is 17.7 Å². The number of halogens is 2. The summed E-state index contributed by atoms with van der Waals surface area (Å²) in [6.07, 6.45) is 8.41. The molecule has 180 valence electrons. The fraction of sp³-hybridized carbons (Fsp3) is 0.333. The molecule has 34 heavy (non-hydrogen) atoms. The fourth-order valence-corrected chi connectivity index (χ4v) is 5.37. The zero-order valence-electron chi connectivity index (χ0n) is 19.7. The number of nitrogens with two attached hydrogens (primary N) is 1. The summed E-state index contributed by atoms with van der Waals surface area (Å²) in [5.41, 5.74) is 5.09. The van der Waals surface area contributed by atoms with Crippen LogP contribution in [0.15, 0.2) is 35.6 Å². The highest BCUT2D eigenvalue weighted by molar-refractivity contribution is 8.00. The van der Waals surface area contributed by atoms with Crippen molar-refractivity contribution in [3.63, 3.8) is 0 Å². The first-order valence-corrected chi connectivity index (χ1v) is 12.0. The SMILES string of the molecule is C#C[C@H](C)Oc1cnc(/C(F)=C/c2ccc(F)c([C@@]3(C)N=C(N)N(C)S(=C)(=O)C3(C)C)c2)cn1. The first kappa shape index (κ1) is 25.2. The van der Waals surface area contributed by atoms with Crippen LogP contribution in [0.1, 0.15) is 44.5 Å². The molecule has 1 aromatic heterocycles. The van der Waals surface area contributed by atoms with Crippen molar-refractivity contribution in [2.24, 2.45) is 10.7 Å². The molecule has 3 atom stereocenters. The molecule has 2 N–H and O–H groups in total. The van der Waals surface area contributed by atoms with E-state index in [0.29, 0.717) is 5.56 Å². The highest BCUT2D eigenvalue weighted by Gasteiger charge is 2.54. The lowest BCUT2D eigenvalue weighted by molar-refractivity contribution is 0.266. The monoisotopic (exact) mass is 487 g/mol. The fourth-order valence-electron chi connectivity index (χ4n) is 3.56. The Morgan fingerprint density at radius 3 is 2.62 bits per heavy atom. The second-order valence-electron chi connectivity index (χ2n) is 8.59. The molecule has 1 aliphatic rings. The molecule has 2 aromatic rings. The van der Waals surface area contributed by atoms with Gasteiger partial charge in [-0.05, 0) is 57.3 Å². The minimum Gasteiger partial charge on any atom is -0.460 e. The number of aliphatic imine (C=N–C) groups is 1. The normalized spacial score (nSPS) is 25.3. The van der Waals surface area contributed by atoms with Crippen molar-refractivity contribution in [1.82, 2.24) is 14.3 Å². The zero-order valence-corrected chi connectivity index (χ0v) is 20.5. The van der Waals surface area contributed by atoms with Crippen LogP contribution in [0.3, 0.4) is 0 Å². The van der Waals surface area contributed by atoms with Gasteiger partial charge in [0.2, 0.25) is 11.8 Å². The Morgan fingerprint density at radius 2 is 2.03 bits per heavy atom. The number of guanidine groups is 1. The highest BCUT2D eigenvalue weighted by Crippen LogP contribution is 2.46. The summed E-state index contributed by atoms with van der Waals surface area (Å²) < 4.78 is 49.0. The van der Waals surface area contributed by atoms with Gasteiger partial charge < -0.3 is 10.5 Å². The van der Waals surface area contributed by atoms with E-state index in [2.05, 4.69) is 26.8 Å². The molecule has 0 saturated heterocycles. The molecule has 0 amide bonds. The molecule has 0 radical (unpaired) electrons. The molecule has 1 aromatic carbocycles. The summed E-state index contributed by atoms with van der Waals surface area (Å²) in [5.74, 6) is 5.11. The second kappa shape index (κ2) is 8.72. The molecule has 0 bridgehead atoms. The molecule has 0 fully saturated rings. The Balaban J connectivity index is 2.03. The van der Waals surface area contributed by atoms with Gasteiger partial charge in [0.05, 0.1) is 26.8 Å². The van der Waals surface area contributed by atoms with Crippen LogP contribution in [0.5, 0.6) is 5.88 Å². The third-order valence-electron chi connectivity index (χ3n) is 6.29. The minimum absolute atomic E-state index is 0.0231. The summed E-state index contributed by atoms with van der Waals surface area (Å²) in [4.78, 5) is 12.5. The van der Waals surface area contributed by atoms with E-state index in [0.717, 1.165) is 0 Å². The van der Waals surface area contributed by atoms with E-state index in [9.17, 15) is 8.60 Å². The van der Waals surface area contributed by atoms with E-state index < -0.39 is 37.7 Å². The van der Waals surface area contributed by atoms with E-state index in [1.165, 1.54) is 48.0 Å². The van der Waals surface area contributed by atoms with Gasteiger partial charge in [0.25, 0.3) is 0 Å². The predicted octanol–water partition coefficient (Wildman–Crippen LogP) is 3.37. The van der Waals surface area contributed by atoms with Gasteiger partial charge >= 0.3 is 0 Å². The summed E-state index contributed by atoms with van der Waals surface area (Å²) in [6, 6.07) is 4.07. The van der Waals surface area contributed by atoms with Gasteiger partial charge in [-0.2, -0.15) is 0 Å².